The Morgan fingerprint density at radius 3 is 2.48 bits per heavy atom. The lowest BCUT2D eigenvalue weighted by Gasteiger charge is -2.30. The summed E-state index contributed by atoms with van der Waals surface area (Å²) in [5.41, 5.74) is 2.24. The highest BCUT2D eigenvalue weighted by molar-refractivity contribution is 7.89. The van der Waals surface area contributed by atoms with Crippen molar-refractivity contribution < 1.29 is 13.5 Å². The number of hydrogen-bond donors (Lipinski definition) is 3. The van der Waals surface area contributed by atoms with Gasteiger partial charge >= 0.3 is 0 Å². The van der Waals surface area contributed by atoms with Crippen molar-refractivity contribution >= 4 is 32.6 Å². The minimum absolute atomic E-state index is 0.0388. The number of nitrogens with one attached hydrogen (secondary N) is 1. The Morgan fingerprint density at radius 1 is 1.14 bits per heavy atom. The lowest BCUT2D eigenvalue weighted by molar-refractivity contribution is 0.253. The number of likely N-dealkylation sites (tertiary alicyclic amines) is 1. The zero-order valence-electron chi connectivity index (χ0n) is 16.0. The van der Waals surface area contributed by atoms with Gasteiger partial charge in [-0.2, -0.15) is 0 Å². The fourth-order valence-electron chi connectivity index (χ4n) is 3.73. The number of benzene rings is 2. The van der Waals surface area contributed by atoms with Crippen molar-refractivity contribution in [2.45, 2.75) is 23.7 Å². The lowest BCUT2D eigenvalue weighted by Crippen LogP contribution is -2.29. The maximum absolute atomic E-state index is 11.4. The van der Waals surface area contributed by atoms with Gasteiger partial charge in [-0.15, -0.1) is 0 Å². The molecule has 0 aliphatic carbocycles. The van der Waals surface area contributed by atoms with Gasteiger partial charge in [0.25, 0.3) is 0 Å². The van der Waals surface area contributed by atoms with Gasteiger partial charge in [0.05, 0.1) is 10.4 Å². The summed E-state index contributed by atoms with van der Waals surface area (Å²) in [7, 11) is -1.64. The third kappa shape index (κ3) is 4.16. The van der Waals surface area contributed by atoms with Crippen molar-refractivity contribution in [3.63, 3.8) is 0 Å². The Balaban J connectivity index is 1.67. The van der Waals surface area contributed by atoms with Crippen LogP contribution in [0.25, 0.3) is 10.9 Å². The van der Waals surface area contributed by atoms with Crippen LogP contribution >= 0.6 is 0 Å². The van der Waals surface area contributed by atoms with Crippen LogP contribution in [0.4, 0.5) is 11.6 Å². The summed E-state index contributed by atoms with van der Waals surface area (Å²) in [5.74, 6) is 0.876. The highest BCUT2D eigenvalue weighted by atomic mass is 32.2. The van der Waals surface area contributed by atoms with Crippen LogP contribution in [0.15, 0.2) is 47.5 Å². The molecule has 3 aromatic rings. The van der Waals surface area contributed by atoms with Crippen LogP contribution in [-0.4, -0.2) is 48.5 Å². The monoisotopic (exact) mass is 413 g/mol. The first kappa shape index (κ1) is 19.6. The smallest absolute Gasteiger partial charge is 0.238 e. The van der Waals surface area contributed by atoms with Crippen molar-refractivity contribution in [3.05, 3.63) is 48.2 Å². The molecule has 0 atom stereocenters. The number of primary sulfonamides is 1. The molecule has 0 amide bonds. The number of piperidine rings is 1. The van der Waals surface area contributed by atoms with Gasteiger partial charge in [-0.1, -0.05) is 0 Å². The van der Waals surface area contributed by atoms with Crippen LogP contribution in [0.5, 0.6) is 5.75 Å². The molecule has 152 valence electrons. The molecule has 0 spiro atoms. The number of aromatic hydroxyl groups is 1. The summed E-state index contributed by atoms with van der Waals surface area (Å²) >= 11 is 0. The average Bonchev–Trinajstić information content (AvgIpc) is 2.69. The highest BCUT2D eigenvalue weighted by Crippen LogP contribution is 2.38. The van der Waals surface area contributed by atoms with Crippen LogP contribution in [0.2, 0.25) is 0 Å². The van der Waals surface area contributed by atoms with Crippen LogP contribution in [-0.2, 0) is 10.0 Å². The van der Waals surface area contributed by atoms with Gasteiger partial charge in [-0.25, -0.2) is 23.5 Å². The Morgan fingerprint density at radius 2 is 1.83 bits per heavy atom. The number of fused-ring (bicyclic) bond motifs is 1. The molecular formula is C20H23N5O3S. The molecule has 1 fully saturated rings. The van der Waals surface area contributed by atoms with E-state index in [9.17, 15) is 13.5 Å². The average molecular weight is 414 g/mol. The molecule has 0 saturated carbocycles. The van der Waals surface area contributed by atoms with E-state index in [0.29, 0.717) is 11.6 Å². The van der Waals surface area contributed by atoms with Crippen LogP contribution in [0, 0.1) is 0 Å². The Bertz CT molecular complexity index is 1140. The number of phenols is 1. The number of anilines is 2. The molecule has 9 heteroatoms. The maximum atomic E-state index is 11.4. The van der Waals surface area contributed by atoms with Crippen molar-refractivity contribution in [3.8, 4) is 5.75 Å². The summed E-state index contributed by atoms with van der Waals surface area (Å²) in [4.78, 5) is 11.3. The second-order valence-corrected chi connectivity index (χ2v) is 8.96. The topological polar surface area (TPSA) is 121 Å². The molecule has 2 aromatic carbocycles. The minimum Gasteiger partial charge on any atom is -0.508 e. The number of rotatable bonds is 4. The fraction of sp³-hybridized carbons (Fsp3) is 0.300. The van der Waals surface area contributed by atoms with E-state index in [4.69, 9.17) is 5.14 Å². The summed E-state index contributed by atoms with van der Waals surface area (Å²) in [6.07, 6.45) is 3.65. The number of nitrogens with zero attached hydrogens (tertiary/aromatic N) is 3. The molecule has 8 nitrogen and oxygen atoms in total. The zero-order valence-corrected chi connectivity index (χ0v) is 16.9. The van der Waals surface area contributed by atoms with Gasteiger partial charge in [-0.3, -0.25) is 0 Å². The fourth-order valence-corrected chi connectivity index (χ4v) is 4.24. The summed E-state index contributed by atoms with van der Waals surface area (Å²) in [6.45, 7) is 1.96. The SMILES string of the molecule is CN1CCC(c2c(O)ccc3cnc(Nc4ccc(S(N)(=O)=O)cc4)nc23)CC1. The Kier molecular flexibility index (Phi) is 5.12. The first-order valence-electron chi connectivity index (χ1n) is 9.38. The van der Waals surface area contributed by atoms with E-state index in [1.54, 1.807) is 24.4 Å². The molecule has 0 unspecified atom stereocenters. The summed E-state index contributed by atoms with van der Waals surface area (Å²) in [6, 6.07) is 9.58. The van der Waals surface area contributed by atoms with Gasteiger partial charge < -0.3 is 15.3 Å². The highest BCUT2D eigenvalue weighted by Gasteiger charge is 2.24. The molecular weight excluding hydrogens is 390 g/mol. The van der Waals surface area contributed by atoms with Gasteiger partial charge in [-0.05, 0) is 75.3 Å². The number of nitrogens with two attached hydrogens (primary N) is 1. The molecule has 4 N–H and O–H groups in total. The Labute approximate surface area is 169 Å². The molecule has 4 rings (SSSR count). The molecule has 1 saturated heterocycles. The van der Waals surface area contributed by atoms with Gasteiger partial charge in [0, 0.05) is 22.8 Å². The maximum Gasteiger partial charge on any atom is 0.238 e. The van der Waals surface area contributed by atoms with Crippen LogP contribution in [0.1, 0.15) is 24.3 Å². The van der Waals surface area contributed by atoms with E-state index in [2.05, 4.69) is 27.2 Å². The summed E-state index contributed by atoms with van der Waals surface area (Å²) < 4.78 is 22.8. The van der Waals surface area contributed by atoms with Crippen molar-refractivity contribution in [2.75, 3.05) is 25.5 Å². The van der Waals surface area contributed by atoms with Gasteiger partial charge in [0.15, 0.2) is 0 Å². The molecule has 29 heavy (non-hydrogen) atoms. The van der Waals surface area contributed by atoms with E-state index in [0.717, 1.165) is 42.4 Å². The van der Waals surface area contributed by atoms with E-state index < -0.39 is 10.0 Å². The lowest BCUT2D eigenvalue weighted by atomic mass is 9.87. The second kappa shape index (κ2) is 7.58. The predicted molar refractivity (Wildman–Crippen MR) is 112 cm³/mol. The largest absolute Gasteiger partial charge is 0.508 e. The quantitative estimate of drug-likeness (QED) is 0.601. The van der Waals surface area contributed by atoms with Crippen LogP contribution in [0.3, 0.4) is 0 Å². The van der Waals surface area contributed by atoms with Gasteiger partial charge in [0.2, 0.25) is 16.0 Å². The van der Waals surface area contributed by atoms with Crippen molar-refractivity contribution in [1.29, 1.82) is 0 Å². The Hall–Kier alpha value is -2.75. The molecule has 1 aromatic heterocycles. The number of sulfonamides is 1. The first-order chi connectivity index (χ1) is 13.8. The van der Waals surface area contributed by atoms with E-state index in [1.807, 2.05) is 6.07 Å². The van der Waals surface area contributed by atoms with Crippen molar-refractivity contribution in [2.24, 2.45) is 5.14 Å². The second-order valence-electron chi connectivity index (χ2n) is 7.40. The number of aromatic nitrogens is 2. The molecule has 1 aliphatic rings. The molecule has 1 aliphatic heterocycles. The molecule has 0 radical (unpaired) electrons. The van der Waals surface area contributed by atoms with Crippen LogP contribution < -0.4 is 10.5 Å². The minimum atomic E-state index is -3.74. The number of hydrogen-bond acceptors (Lipinski definition) is 7. The van der Waals surface area contributed by atoms with Gasteiger partial charge in [0.1, 0.15) is 5.75 Å². The first-order valence-corrected chi connectivity index (χ1v) is 10.9. The van der Waals surface area contributed by atoms with E-state index in [-0.39, 0.29) is 16.6 Å². The summed E-state index contributed by atoms with van der Waals surface area (Å²) in [5, 5.41) is 19.6. The third-order valence-electron chi connectivity index (χ3n) is 5.33. The number of phenolic OH excluding ortho intramolecular Hbond substituents is 1. The molecule has 2 heterocycles. The predicted octanol–water partition coefficient (Wildman–Crippen LogP) is 2.54. The van der Waals surface area contributed by atoms with E-state index >= 15 is 0 Å². The third-order valence-corrected chi connectivity index (χ3v) is 6.26. The van der Waals surface area contributed by atoms with Crippen molar-refractivity contribution in [1.82, 2.24) is 14.9 Å². The zero-order chi connectivity index (χ0) is 20.6. The standard InChI is InChI=1S/C20H23N5O3S/c1-25-10-8-13(9-11-25)18-17(26)7-2-14-12-22-20(24-19(14)18)23-15-3-5-16(6-4-15)29(21,27)28/h2-7,12-13,26H,8-11H2,1H3,(H2,21,27,28)(H,22,23,24). The normalized spacial score (nSPS) is 16.2. The van der Waals surface area contributed by atoms with E-state index in [1.165, 1.54) is 12.1 Å². The molecule has 0 bridgehead atoms.